The molecule has 0 aliphatic heterocycles. The molecule has 166 valence electrons. The molecule has 0 fully saturated rings. The fraction of sp³-hybridized carbons (Fsp3) is 0.200. The number of hydrogen-bond acceptors (Lipinski definition) is 5. The maximum atomic E-state index is 12.3. The van der Waals surface area contributed by atoms with Gasteiger partial charge in [0.25, 0.3) is 0 Å². The van der Waals surface area contributed by atoms with E-state index in [2.05, 4.69) is 23.7 Å². The number of halogens is 2. The summed E-state index contributed by atoms with van der Waals surface area (Å²) in [5.41, 5.74) is 2.01. The fourth-order valence-corrected chi connectivity index (χ4v) is 4.43. The van der Waals surface area contributed by atoms with Crippen LogP contribution in [-0.2, 0) is 21.7 Å². The third-order valence-corrected chi connectivity index (χ3v) is 6.49. The van der Waals surface area contributed by atoms with Gasteiger partial charge < -0.3 is 9.47 Å². The molecule has 32 heavy (non-hydrogen) atoms. The van der Waals surface area contributed by atoms with Crippen molar-refractivity contribution in [2.24, 2.45) is 0 Å². The molecule has 3 aromatic rings. The molecule has 1 aromatic heterocycles. The Morgan fingerprint density at radius 1 is 0.938 bits per heavy atom. The van der Waals surface area contributed by atoms with Gasteiger partial charge in [0.2, 0.25) is 5.88 Å². The second-order valence-electron chi connectivity index (χ2n) is 6.91. The third-order valence-electron chi connectivity index (χ3n) is 4.47. The molecule has 0 N–H and O–H groups in total. The molecule has 7 heteroatoms. The zero-order chi connectivity index (χ0) is 22.8. The number of carbonyl (C=O) groups is 1. The highest BCUT2D eigenvalue weighted by molar-refractivity contribution is 7.98. The Hall–Kier alpha value is -2.47. The lowest BCUT2D eigenvalue weighted by Gasteiger charge is -2.10. The fourth-order valence-electron chi connectivity index (χ4n) is 2.84. The zero-order valence-corrected chi connectivity index (χ0v) is 19.8. The molecule has 0 saturated carbocycles. The highest BCUT2D eigenvalue weighted by Crippen LogP contribution is 2.35. The molecule has 0 radical (unpaired) electrons. The van der Waals surface area contributed by atoms with E-state index >= 15 is 0 Å². The first kappa shape index (κ1) is 24.2. The van der Waals surface area contributed by atoms with Gasteiger partial charge in [-0.25, -0.2) is 9.78 Å². The van der Waals surface area contributed by atoms with Crippen molar-refractivity contribution in [3.63, 3.8) is 0 Å². The van der Waals surface area contributed by atoms with Gasteiger partial charge in [-0.05, 0) is 49.6 Å². The minimum atomic E-state index is -0.653. The predicted octanol–water partition coefficient (Wildman–Crippen LogP) is 7.14. The topological polar surface area (TPSA) is 48.4 Å². The van der Waals surface area contributed by atoms with Gasteiger partial charge in [0.05, 0.1) is 22.3 Å². The number of benzene rings is 2. The molecule has 0 amide bonds. The predicted molar refractivity (Wildman–Crippen MR) is 130 cm³/mol. The van der Waals surface area contributed by atoms with Gasteiger partial charge >= 0.3 is 5.97 Å². The highest BCUT2D eigenvalue weighted by atomic mass is 35.5. The van der Waals surface area contributed by atoms with Gasteiger partial charge in [0.15, 0.2) is 5.76 Å². The van der Waals surface area contributed by atoms with Crippen LogP contribution in [0.15, 0.2) is 84.0 Å². The maximum Gasteiger partial charge on any atom is 0.379 e. The average molecular weight is 488 g/mol. The molecule has 4 nitrogen and oxygen atoms in total. The lowest BCUT2D eigenvalue weighted by atomic mass is 10.1. The van der Waals surface area contributed by atoms with Crippen molar-refractivity contribution in [2.45, 2.75) is 29.9 Å². The van der Waals surface area contributed by atoms with Crippen molar-refractivity contribution >= 4 is 40.9 Å². The highest BCUT2D eigenvalue weighted by Gasteiger charge is 2.13. The van der Waals surface area contributed by atoms with Crippen molar-refractivity contribution in [3.8, 4) is 5.88 Å². The average Bonchev–Trinajstić information content (AvgIpc) is 2.79. The molecular formula is C25H23Cl2NO3S. The van der Waals surface area contributed by atoms with Crippen LogP contribution in [0.25, 0.3) is 0 Å². The van der Waals surface area contributed by atoms with Crippen LogP contribution in [0, 0.1) is 0 Å². The number of rotatable bonds is 11. The van der Waals surface area contributed by atoms with E-state index in [1.807, 2.05) is 24.3 Å². The molecule has 0 spiro atoms. The molecule has 0 aliphatic rings. The van der Waals surface area contributed by atoms with Crippen molar-refractivity contribution in [1.29, 1.82) is 0 Å². The summed E-state index contributed by atoms with van der Waals surface area (Å²) >= 11 is 13.9. The molecule has 0 aliphatic carbocycles. The minimum absolute atomic E-state index is 0.0332. The number of esters is 1. The lowest BCUT2D eigenvalue weighted by Crippen LogP contribution is -2.14. The van der Waals surface area contributed by atoms with Crippen molar-refractivity contribution in [3.05, 3.63) is 100 Å². The van der Waals surface area contributed by atoms with Crippen molar-refractivity contribution in [1.82, 2.24) is 4.98 Å². The number of carbonyl (C=O) groups excluding carboxylic acids is 1. The summed E-state index contributed by atoms with van der Waals surface area (Å²) in [5, 5.41) is 1.17. The van der Waals surface area contributed by atoms with Crippen LogP contribution in [0.4, 0.5) is 0 Å². The molecule has 3 rings (SSSR count). The van der Waals surface area contributed by atoms with Gasteiger partial charge in [-0.2, -0.15) is 0 Å². The number of nitrogens with zero attached hydrogens (tertiary/aromatic N) is 1. The molecular weight excluding hydrogens is 465 g/mol. The Bertz CT molecular complexity index is 1040. The smallest absolute Gasteiger partial charge is 0.379 e. The summed E-state index contributed by atoms with van der Waals surface area (Å²) in [6, 6.07) is 20.8. The van der Waals surface area contributed by atoms with Crippen molar-refractivity contribution in [2.75, 3.05) is 6.61 Å². The summed E-state index contributed by atoms with van der Waals surface area (Å²) in [5.74, 6) is 0.0223. The monoisotopic (exact) mass is 487 g/mol. The van der Waals surface area contributed by atoms with E-state index < -0.39 is 5.97 Å². The Morgan fingerprint density at radius 2 is 1.66 bits per heavy atom. The number of pyridine rings is 1. The third kappa shape index (κ3) is 7.59. The van der Waals surface area contributed by atoms with Gasteiger partial charge in [0.1, 0.15) is 0 Å². The summed E-state index contributed by atoms with van der Waals surface area (Å²) in [4.78, 5) is 17.4. The summed E-state index contributed by atoms with van der Waals surface area (Å²) < 4.78 is 10.8. The van der Waals surface area contributed by atoms with Crippen molar-refractivity contribution < 1.29 is 14.3 Å². The van der Waals surface area contributed by atoms with Crippen LogP contribution in [0.2, 0.25) is 10.0 Å². The van der Waals surface area contributed by atoms with E-state index in [0.717, 1.165) is 29.9 Å². The summed E-state index contributed by atoms with van der Waals surface area (Å²) in [6.45, 7) is 4.07. The van der Waals surface area contributed by atoms with E-state index in [1.165, 1.54) is 17.3 Å². The number of unbranched alkanes of at least 4 members (excludes halogenated alkanes) is 1. The molecule has 0 unspecified atom stereocenters. The second-order valence-corrected chi connectivity index (χ2v) is 8.71. The van der Waals surface area contributed by atoms with Gasteiger partial charge in [-0.15, -0.1) is 11.8 Å². The standard InChI is InChI=1S/C25H23Cl2NO3S/c1-18(30-16-6-5-11-19-9-3-2-4-10-19)25(29)31-23-15-7-12-20(28-23)17-32-24-21(26)13-8-14-22(24)27/h2-4,7-10,12-15H,1,5-6,11,16-17H2. The number of ether oxygens (including phenoxy) is 2. The van der Waals surface area contributed by atoms with Crippen LogP contribution in [0.3, 0.4) is 0 Å². The largest absolute Gasteiger partial charge is 0.487 e. The van der Waals surface area contributed by atoms with E-state index in [9.17, 15) is 4.79 Å². The number of hydrogen-bond donors (Lipinski definition) is 0. The molecule has 0 atom stereocenters. The normalized spacial score (nSPS) is 10.6. The van der Waals surface area contributed by atoms with Gasteiger partial charge in [-0.1, -0.05) is 65.7 Å². The number of aromatic nitrogens is 1. The van der Waals surface area contributed by atoms with Crippen LogP contribution < -0.4 is 4.74 Å². The Kier molecular flexibility index (Phi) is 9.47. The lowest BCUT2D eigenvalue weighted by molar-refractivity contribution is -0.134. The quantitative estimate of drug-likeness (QED) is 0.0944. The van der Waals surface area contributed by atoms with Crippen LogP contribution in [-0.4, -0.2) is 17.6 Å². The second kappa shape index (κ2) is 12.5. The Balaban J connectivity index is 1.42. The number of thioether (sulfide) groups is 1. The SMILES string of the molecule is C=C(OCCCCc1ccccc1)C(=O)Oc1cccc(CSc2c(Cl)cccc2Cl)n1. The minimum Gasteiger partial charge on any atom is -0.487 e. The van der Waals surface area contributed by atoms with E-state index in [1.54, 1.807) is 30.3 Å². The van der Waals surface area contributed by atoms with E-state index in [-0.39, 0.29) is 11.6 Å². The van der Waals surface area contributed by atoms with Gasteiger partial charge in [0, 0.05) is 16.7 Å². The van der Waals surface area contributed by atoms with Crippen LogP contribution in [0.5, 0.6) is 5.88 Å². The summed E-state index contributed by atoms with van der Waals surface area (Å²) in [7, 11) is 0. The summed E-state index contributed by atoms with van der Waals surface area (Å²) in [6.07, 6.45) is 2.75. The Labute approximate surface area is 202 Å². The zero-order valence-electron chi connectivity index (χ0n) is 17.4. The molecule has 0 bridgehead atoms. The number of aryl methyl sites for hydroxylation is 1. The first-order valence-electron chi connectivity index (χ1n) is 10.1. The first-order chi connectivity index (χ1) is 15.5. The van der Waals surface area contributed by atoms with E-state index in [0.29, 0.717) is 22.4 Å². The molecule has 2 aromatic carbocycles. The Morgan fingerprint density at radius 3 is 2.41 bits per heavy atom. The van der Waals surface area contributed by atoms with Crippen LogP contribution in [0.1, 0.15) is 24.1 Å². The first-order valence-corrected chi connectivity index (χ1v) is 11.9. The van der Waals surface area contributed by atoms with Gasteiger partial charge in [-0.3, -0.25) is 0 Å². The van der Waals surface area contributed by atoms with E-state index in [4.69, 9.17) is 32.7 Å². The maximum absolute atomic E-state index is 12.3. The molecule has 1 heterocycles. The molecule has 0 saturated heterocycles. The van der Waals surface area contributed by atoms with Crippen LogP contribution >= 0.6 is 35.0 Å².